The molecule has 2 aromatic rings. The first-order valence-corrected chi connectivity index (χ1v) is 7.62. The van der Waals surface area contributed by atoms with Gasteiger partial charge in [0.15, 0.2) is 5.13 Å². The monoisotopic (exact) mass is 305 g/mol. The van der Waals surface area contributed by atoms with Crippen LogP contribution >= 0.6 is 11.3 Å². The van der Waals surface area contributed by atoms with Crippen molar-refractivity contribution in [1.82, 2.24) is 4.98 Å². The summed E-state index contributed by atoms with van der Waals surface area (Å²) in [6.45, 7) is 2.51. The molecule has 0 atom stereocenters. The molecule has 0 fully saturated rings. The molecule has 3 N–H and O–H groups in total. The van der Waals surface area contributed by atoms with Crippen LogP contribution in [0.5, 0.6) is 5.75 Å². The molecule has 2 rings (SSSR count). The topological polar surface area (TPSA) is 77.2 Å². The maximum absolute atomic E-state index is 11.6. The van der Waals surface area contributed by atoms with Crippen molar-refractivity contribution in [2.45, 2.75) is 19.8 Å². The molecule has 0 unspecified atom stereocenters. The van der Waals surface area contributed by atoms with Crippen LogP contribution < -0.4 is 15.8 Å². The normalized spacial score (nSPS) is 10.4. The molecule has 21 heavy (non-hydrogen) atoms. The van der Waals surface area contributed by atoms with Gasteiger partial charge in [0.05, 0.1) is 12.8 Å². The first-order valence-electron chi connectivity index (χ1n) is 6.74. The fourth-order valence-corrected chi connectivity index (χ4v) is 2.68. The molecule has 0 saturated carbocycles. The van der Waals surface area contributed by atoms with E-state index >= 15 is 0 Å². The van der Waals surface area contributed by atoms with E-state index in [0.29, 0.717) is 24.5 Å². The number of aromatic nitrogens is 1. The molecular weight excluding hydrogens is 286 g/mol. The van der Waals surface area contributed by atoms with Gasteiger partial charge in [0.2, 0.25) is 5.91 Å². The lowest BCUT2D eigenvalue weighted by molar-refractivity contribution is -0.116. The summed E-state index contributed by atoms with van der Waals surface area (Å²) in [6, 6.07) is 5.90. The highest BCUT2D eigenvalue weighted by molar-refractivity contribution is 7.14. The third-order valence-corrected chi connectivity index (χ3v) is 3.81. The fraction of sp³-hybridized carbons (Fsp3) is 0.333. The van der Waals surface area contributed by atoms with Gasteiger partial charge < -0.3 is 15.8 Å². The number of ether oxygens (including phenoxy) is 1. The second kappa shape index (κ2) is 7.19. The number of hydrogen-bond donors (Lipinski definition) is 2. The molecule has 0 spiro atoms. The van der Waals surface area contributed by atoms with Gasteiger partial charge in [-0.1, -0.05) is 0 Å². The van der Waals surface area contributed by atoms with Crippen molar-refractivity contribution in [1.29, 1.82) is 0 Å². The Morgan fingerprint density at radius 1 is 1.48 bits per heavy atom. The highest BCUT2D eigenvalue weighted by Crippen LogP contribution is 2.28. The second-order valence-electron chi connectivity index (χ2n) is 4.66. The van der Waals surface area contributed by atoms with Gasteiger partial charge in [-0.05, 0) is 43.7 Å². The first-order chi connectivity index (χ1) is 10.1. The number of amides is 1. The van der Waals surface area contributed by atoms with E-state index in [1.807, 2.05) is 30.5 Å². The molecule has 112 valence electrons. The van der Waals surface area contributed by atoms with Gasteiger partial charge in [0, 0.05) is 17.4 Å². The van der Waals surface area contributed by atoms with Gasteiger partial charge in [-0.3, -0.25) is 4.79 Å². The molecular formula is C15H19N3O2S. The Bertz CT molecular complexity index is 625. The minimum absolute atomic E-state index is 0.0488. The molecule has 0 aliphatic heterocycles. The maximum Gasteiger partial charge on any atom is 0.226 e. The molecule has 6 heteroatoms. The number of nitrogens with one attached hydrogen (secondary N) is 1. The van der Waals surface area contributed by atoms with Gasteiger partial charge >= 0.3 is 0 Å². The molecule has 0 saturated heterocycles. The number of nitrogens with two attached hydrogens (primary N) is 1. The average Bonchev–Trinajstić information content (AvgIpc) is 2.93. The van der Waals surface area contributed by atoms with Crippen LogP contribution in [0, 0.1) is 6.92 Å². The number of nitrogens with zero attached hydrogens (tertiary/aromatic N) is 1. The zero-order valence-electron chi connectivity index (χ0n) is 12.2. The van der Waals surface area contributed by atoms with E-state index in [1.165, 1.54) is 11.3 Å². The lowest BCUT2D eigenvalue weighted by Gasteiger charge is -2.05. The first kappa shape index (κ1) is 15.5. The predicted octanol–water partition coefficient (Wildman–Crippen LogP) is 2.80. The van der Waals surface area contributed by atoms with Crippen LogP contribution in [-0.4, -0.2) is 24.5 Å². The quantitative estimate of drug-likeness (QED) is 0.860. The van der Waals surface area contributed by atoms with Crippen molar-refractivity contribution in [3.63, 3.8) is 0 Å². The summed E-state index contributed by atoms with van der Waals surface area (Å²) < 4.78 is 5.25. The predicted molar refractivity (Wildman–Crippen MR) is 85.8 cm³/mol. The Labute approximate surface area is 128 Å². The van der Waals surface area contributed by atoms with Gasteiger partial charge in [0.1, 0.15) is 5.75 Å². The van der Waals surface area contributed by atoms with Crippen molar-refractivity contribution in [3.05, 3.63) is 29.1 Å². The van der Waals surface area contributed by atoms with Crippen LogP contribution in [0.15, 0.2) is 23.6 Å². The van der Waals surface area contributed by atoms with Crippen LogP contribution in [0.3, 0.4) is 0 Å². The molecule has 1 heterocycles. The van der Waals surface area contributed by atoms with Gasteiger partial charge in [-0.15, -0.1) is 11.3 Å². The van der Waals surface area contributed by atoms with Crippen LogP contribution in [0.2, 0.25) is 0 Å². The van der Waals surface area contributed by atoms with Gasteiger partial charge in [-0.2, -0.15) is 0 Å². The Kier molecular flexibility index (Phi) is 5.30. The number of hydrogen-bond acceptors (Lipinski definition) is 5. The highest BCUT2D eigenvalue weighted by atomic mass is 32.1. The van der Waals surface area contributed by atoms with E-state index < -0.39 is 0 Å². The van der Waals surface area contributed by atoms with Crippen molar-refractivity contribution >= 4 is 22.4 Å². The van der Waals surface area contributed by atoms with Crippen molar-refractivity contribution in [2.75, 3.05) is 19.0 Å². The number of rotatable bonds is 6. The van der Waals surface area contributed by atoms with E-state index in [0.717, 1.165) is 22.6 Å². The number of aryl methyl sites for hydroxylation is 1. The molecule has 1 aromatic heterocycles. The number of thiazole rings is 1. The number of methoxy groups -OCH3 is 1. The van der Waals surface area contributed by atoms with Crippen LogP contribution in [0.4, 0.5) is 5.13 Å². The minimum atomic E-state index is -0.0488. The summed E-state index contributed by atoms with van der Waals surface area (Å²) in [5.41, 5.74) is 8.29. The summed E-state index contributed by atoms with van der Waals surface area (Å²) in [5.74, 6) is 0.802. The molecule has 1 aromatic carbocycles. The number of carbonyl (C=O) groups is 1. The average molecular weight is 305 g/mol. The van der Waals surface area contributed by atoms with E-state index in [4.69, 9.17) is 10.5 Å². The zero-order chi connectivity index (χ0) is 15.2. The summed E-state index contributed by atoms with van der Waals surface area (Å²) in [4.78, 5) is 16.1. The maximum atomic E-state index is 11.6. The lowest BCUT2D eigenvalue weighted by atomic mass is 10.1. The Morgan fingerprint density at radius 2 is 2.29 bits per heavy atom. The van der Waals surface area contributed by atoms with Crippen LogP contribution in [-0.2, 0) is 4.79 Å². The lowest BCUT2D eigenvalue weighted by Crippen LogP contribution is -2.13. The molecule has 0 radical (unpaired) electrons. The second-order valence-corrected chi connectivity index (χ2v) is 5.52. The van der Waals surface area contributed by atoms with E-state index in [2.05, 4.69) is 10.3 Å². The molecule has 0 bridgehead atoms. The van der Waals surface area contributed by atoms with E-state index in [-0.39, 0.29) is 5.91 Å². The van der Waals surface area contributed by atoms with E-state index in [9.17, 15) is 4.79 Å². The van der Waals surface area contributed by atoms with Crippen molar-refractivity contribution in [2.24, 2.45) is 5.73 Å². The fourth-order valence-electron chi connectivity index (χ4n) is 1.95. The smallest absolute Gasteiger partial charge is 0.226 e. The van der Waals surface area contributed by atoms with Crippen LogP contribution in [0.1, 0.15) is 18.4 Å². The standard InChI is InChI=1S/C15H19N3O2S/c1-10-8-11(5-6-13(10)20-2)12-9-21-15(17-12)18-14(19)4-3-7-16/h5-6,8-9H,3-4,7,16H2,1-2H3,(H,17,18,19). The van der Waals surface area contributed by atoms with Gasteiger partial charge in [-0.25, -0.2) is 4.98 Å². The Hall–Kier alpha value is -1.92. The summed E-state index contributed by atoms with van der Waals surface area (Å²) >= 11 is 1.42. The highest BCUT2D eigenvalue weighted by Gasteiger charge is 2.09. The van der Waals surface area contributed by atoms with E-state index in [1.54, 1.807) is 7.11 Å². The van der Waals surface area contributed by atoms with Crippen molar-refractivity contribution < 1.29 is 9.53 Å². The summed E-state index contributed by atoms with van der Waals surface area (Å²) in [6.07, 6.45) is 1.11. The largest absolute Gasteiger partial charge is 0.496 e. The Morgan fingerprint density at radius 3 is 2.95 bits per heavy atom. The SMILES string of the molecule is COc1ccc(-c2csc(NC(=O)CCCN)n2)cc1C. The van der Waals surface area contributed by atoms with Crippen LogP contribution in [0.25, 0.3) is 11.3 Å². The minimum Gasteiger partial charge on any atom is -0.496 e. The van der Waals surface area contributed by atoms with Gasteiger partial charge in [0.25, 0.3) is 0 Å². The molecule has 0 aliphatic rings. The molecule has 5 nitrogen and oxygen atoms in total. The number of anilines is 1. The number of benzene rings is 1. The molecule has 1 amide bonds. The summed E-state index contributed by atoms with van der Waals surface area (Å²) in [5, 5.41) is 5.33. The molecule has 0 aliphatic carbocycles. The van der Waals surface area contributed by atoms with Crippen molar-refractivity contribution in [3.8, 4) is 17.0 Å². The third-order valence-electron chi connectivity index (χ3n) is 3.05. The Balaban J connectivity index is 2.09. The third kappa shape index (κ3) is 4.03. The zero-order valence-corrected chi connectivity index (χ0v) is 13.0. The summed E-state index contributed by atoms with van der Waals surface area (Å²) in [7, 11) is 1.65. The number of carbonyl (C=O) groups excluding carboxylic acids is 1.